The summed E-state index contributed by atoms with van der Waals surface area (Å²) in [4.78, 5) is 11.7. The number of nitrogens with zero attached hydrogens (tertiary/aromatic N) is 1. The van der Waals surface area contributed by atoms with E-state index >= 15 is 0 Å². The van der Waals surface area contributed by atoms with Crippen molar-refractivity contribution in [3.8, 4) is 0 Å². The number of carbonyl (C=O) groups is 1. The Labute approximate surface area is 110 Å². The number of methoxy groups -OCH3 is 1. The number of aryl methyl sites for hydroxylation is 1. The number of esters is 1. The molecule has 0 amide bonds. The second-order valence-corrected chi connectivity index (χ2v) is 4.41. The highest BCUT2D eigenvalue weighted by molar-refractivity contribution is 7.10. The first kappa shape index (κ1) is 14.9. The molecule has 102 valence electrons. The molecular formula is C11H18N2O4S. The van der Waals surface area contributed by atoms with Crippen molar-refractivity contribution < 1.29 is 19.0 Å². The highest BCUT2D eigenvalue weighted by Crippen LogP contribution is 2.21. The monoisotopic (exact) mass is 274 g/mol. The van der Waals surface area contributed by atoms with E-state index in [-0.39, 0.29) is 0 Å². The van der Waals surface area contributed by atoms with Crippen LogP contribution in [-0.4, -0.2) is 43.9 Å². The van der Waals surface area contributed by atoms with Crippen molar-refractivity contribution in [1.82, 2.24) is 4.37 Å². The Hall–Kier alpha value is -1.18. The van der Waals surface area contributed by atoms with Crippen LogP contribution in [0.4, 0.5) is 5.00 Å². The van der Waals surface area contributed by atoms with Gasteiger partial charge < -0.3 is 19.9 Å². The molecule has 0 bridgehead atoms. The summed E-state index contributed by atoms with van der Waals surface area (Å²) in [6.45, 7) is 3.69. The number of anilines is 1. The van der Waals surface area contributed by atoms with Crippen LogP contribution in [-0.2, 0) is 14.2 Å². The highest BCUT2D eigenvalue weighted by atomic mass is 32.1. The fraction of sp³-hybridized carbons (Fsp3) is 0.636. The van der Waals surface area contributed by atoms with Gasteiger partial charge in [0.05, 0.1) is 25.5 Å². The summed E-state index contributed by atoms with van der Waals surface area (Å²) in [5.74, 6) is -0.421. The maximum absolute atomic E-state index is 11.7. The SMILES string of the molecule is COCCOCCCOC(=O)c1c(C)nsc1N. The quantitative estimate of drug-likeness (QED) is 0.567. The third-order valence-corrected chi connectivity index (χ3v) is 2.96. The minimum absolute atomic E-state index is 0.306. The highest BCUT2D eigenvalue weighted by Gasteiger charge is 2.17. The molecule has 0 atom stereocenters. The molecule has 7 heteroatoms. The summed E-state index contributed by atoms with van der Waals surface area (Å²) in [5, 5.41) is 0.397. The average molecular weight is 274 g/mol. The molecule has 1 aromatic heterocycles. The second kappa shape index (κ2) is 8.02. The molecule has 0 aliphatic carbocycles. The Kier molecular flexibility index (Phi) is 6.63. The molecule has 0 saturated heterocycles. The van der Waals surface area contributed by atoms with Gasteiger partial charge in [-0.3, -0.25) is 0 Å². The van der Waals surface area contributed by atoms with Crippen molar-refractivity contribution in [1.29, 1.82) is 0 Å². The van der Waals surface area contributed by atoms with Gasteiger partial charge in [-0.1, -0.05) is 0 Å². The smallest absolute Gasteiger partial charge is 0.343 e. The van der Waals surface area contributed by atoms with Gasteiger partial charge in [0.15, 0.2) is 0 Å². The van der Waals surface area contributed by atoms with Gasteiger partial charge >= 0.3 is 5.97 Å². The van der Waals surface area contributed by atoms with Gasteiger partial charge in [0, 0.05) is 20.1 Å². The van der Waals surface area contributed by atoms with Gasteiger partial charge in [0.1, 0.15) is 10.6 Å². The van der Waals surface area contributed by atoms with Crippen LogP contribution in [0, 0.1) is 6.92 Å². The van der Waals surface area contributed by atoms with E-state index in [0.29, 0.717) is 49.1 Å². The van der Waals surface area contributed by atoms with Crippen molar-refractivity contribution in [2.75, 3.05) is 39.3 Å². The maximum Gasteiger partial charge on any atom is 0.343 e. The standard InChI is InChI=1S/C11H18N2O4S/c1-8-9(10(12)18-13-8)11(14)17-5-3-4-16-7-6-15-2/h3-7,12H2,1-2H3. The minimum Gasteiger partial charge on any atom is -0.462 e. The normalized spacial score (nSPS) is 10.6. The predicted octanol–water partition coefficient (Wildman–Crippen LogP) is 1.24. The van der Waals surface area contributed by atoms with Crippen LogP contribution in [0.5, 0.6) is 0 Å². The number of aromatic nitrogens is 1. The number of ether oxygens (including phenoxy) is 3. The molecule has 0 saturated carbocycles. The first-order valence-electron chi connectivity index (χ1n) is 5.62. The molecule has 0 aliphatic heterocycles. The third kappa shape index (κ3) is 4.59. The summed E-state index contributed by atoms with van der Waals surface area (Å²) in [7, 11) is 1.62. The number of hydrogen-bond donors (Lipinski definition) is 1. The number of nitrogens with two attached hydrogens (primary N) is 1. The molecule has 0 aromatic carbocycles. The van der Waals surface area contributed by atoms with E-state index in [0.717, 1.165) is 11.5 Å². The topological polar surface area (TPSA) is 83.7 Å². The van der Waals surface area contributed by atoms with E-state index in [9.17, 15) is 4.79 Å². The van der Waals surface area contributed by atoms with Crippen molar-refractivity contribution in [3.63, 3.8) is 0 Å². The number of carbonyl (C=O) groups excluding carboxylic acids is 1. The van der Waals surface area contributed by atoms with Gasteiger partial charge in [-0.05, 0) is 18.5 Å². The third-order valence-electron chi connectivity index (χ3n) is 2.19. The van der Waals surface area contributed by atoms with Gasteiger partial charge in [0.25, 0.3) is 0 Å². The molecule has 0 spiro atoms. The largest absolute Gasteiger partial charge is 0.462 e. The van der Waals surface area contributed by atoms with Crippen LogP contribution in [0.1, 0.15) is 22.5 Å². The van der Waals surface area contributed by atoms with Gasteiger partial charge in [-0.25, -0.2) is 4.79 Å². The summed E-state index contributed by atoms with van der Waals surface area (Å²) in [5.41, 5.74) is 6.63. The van der Waals surface area contributed by atoms with Crippen LogP contribution in [0.2, 0.25) is 0 Å². The Bertz CT molecular complexity index is 362. The molecule has 1 heterocycles. The number of rotatable bonds is 8. The molecule has 0 fully saturated rings. The van der Waals surface area contributed by atoms with Crippen molar-refractivity contribution >= 4 is 22.5 Å². The zero-order valence-electron chi connectivity index (χ0n) is 10.6. The fourth-order valence-electron chi connectivity index (χ4n) is 1.28. The predicted molar refractivity (Wildman–Crippen MR) is 68.9 cm³/mol. The summed E-state index contributed by atoms with van der Waals surface area (Å²) in [6, 6.07) is 0. The van der Waals surface area contributed by atoms with Crippen LogP contribution in [0.15, 0.2) is 0 Å². The zero-order valence-corrected chi connectivity index (χ0v) is 11.4. The Morgan fingerprint density at radius 1 is 1.33 bits per heavy atom. The lowest BCUT2D eigenvalue weighted by Gasteiger charge is -2.05. The molecule has 0 aliphatic rings. The molecule has 0 radical (unpaired) electrons. The Morgan fingerprint density at radius 2 is 2.11 bits per heavy atom. The lowest BCUT2D eigenvalue weighted by molar-refractivity contribution is 0.0386. The molecular weight excluding hydrogens is 256 g/mol. The minimum atomic E-state index is -0.421. The Morgan fingerprint density at radius 3 is 2.72 bits per heavy atom. The second-order valence-electron chi connectivity index (χ2n) is 3.60. The van der Waals surface area contributed by atoms with Crippen LogP contribution < -0.4 is 5.73 Å². The van der Waals surface area contributed by atoms with Crippen LogP contribution in [0.25, 0.3) is 0 Å². The van der Waals surface area contributed by atoms with Gasteiger partial charge in [-0.2, -0.15) is 4.37 Å². The molecule has 1 rings (SSSR count). The molecule has 6 nitrogen and oxygen atoms in total. The van der Waals surface area contributed by atoms with Crippen LogP contribution in [0.3, 0.4) is 0 Å². The zero-order chi connectivity index (χ0) is 13.4. The van der Waals surface area contributed by atoms with Crippen molar-refractivity contribution in [3.05, 3.63) is 11.3 Å². The average Bonchev–Trinajstić information content (AvgIpc) is 2.68. The van der Waals surface area contributed by atoms with E-state index < -0.39 is 5.97 Å². The molecule has 0 unspecified atom stereocenters. The lowest BCUT2D eigenvalue weighted by Crippen LogP contribution is -2.11. The summed E-state index contributed by atoms with van der Waals surface area (Å²) >= 11 is 1.10. The van der Waals surface area contributed by atoms with E-state index in [1.165, 1.54) is 0 Å². The molecule has 18 heavy (non-hydrogen) atoms. The first-order valence-corrected chi connectivity index (χ1v) is 6.39. The van der Waals surface area contributed by atoms with E-state index in [2.05, 4.69) is 4.37 Å². The number of nitrogen functional groups attached to an aromatic ring is 1. The lowest BCUT2D eigenvalue weighted by atomic mass is 10.2. The number of hydrogen-bond acceptors (Lipinski definition) is 7. The molecule has 2 N–H and O–H groups in total. The van der Waals surface area contributed by atoms with E-state index in [1.807, 2.05) is 0 Å². The molecule has 1 aromatic rings. The Balaban J connectivity index is 2.18. The summed E-state index contributed by atoms with van der Waals surface area (Å²) in [6.07, 6.45) is 0.645. The van der Waals surface area contributed by atoms with Gasteiger partial charge in [-0.15, -0.1) is 0 Å². The fourth-order valence-corrected chi connectivity index (χ4v) is 1.93. The van der Waals surface area contributed by atoms with E-state index in [1.54, 1.807) is 14.0 Å². The van der Waals surface area contributed by atoms with Crippen molar-refractivity contribution in [2.24, 2.45) is 0 Å². The summed E-state index contributed by atoms with van der Waals surface area (Å²) < 4.78 is 19.2. The van der Waals surface area contributed by atoms with Crippen molar-refractivity contribution in [2.45, 2.75) is 13.3 Å². The van der Waals surface area contributed by atoms with E-state index in [4.69, 9.17) is 19.9 Å². The maximum atomic E-state index is 11.7. The van der Waals surface area contributed by atoms with Gasteiger partial charge in [0.2, 0.25) is 0 Å². The van der Waals surface area contributed by atoms with Crippen LogP contribution >= 0.6 is 11.5 Å². The first-order chi connectivity index (χ1) is 8.66.